The van der Waals surface area contributed by atoms with Crippen LogP contribution in [0.25, 0.3) is 22.3 Å². The number of nitro groups is 1. The number of aliphatic carboxylic acids is 1. The van der Waals surface area contributed by atoms with Crippen molar-refractivity contribution in [2.45, 2.75) is 50.2 Å². The number of sulfonamides is 1. The van der Waals surface area contributed by atoms with Gasteiger partial charge in [-0.3, -0.25) is 24.3 Å². The van der Waals surface area contributed by atoms with Crippen LogP contribution in [0.5, 0.6) is 5.75 Å². The number of carboxylic acids is 1. The lowest BCUT2D eigenvalue weighted by atomic mass is 9.89. The highest BCUT2D eigenvalue weighted by Gasteiger charge is 2.49. The third-order valence-corrected chi connectivity index (χ3v) is 10.5. The molecular formula is C30H31N9O10S. The first-order valence-corrected chi connectivity index (χ1v) is 16.9. The van der Waals surface area contributed by atoms with Crippen LogP contribution in [0.2, 0.25) is 0 Å². The highest BCUT2D eigenvalue weighted by Crippen LogP contribution is 2.37. The van der Waals surface area contributed by atoms with Crippen LogP contribution in [0.1, 0.15) is 26.2 Å². The summed E-state index contributed by atoms with van der Waals surface area (Å²) in [5.41, 5.74) is -0.144. The van der Waals surface area contributed by atoms with Crippen molar-refractivity contribution in [1.29, 1.82) is 5.26 Å². The summed E-state index contributed by atoms with van der Waals surface area (Å²) >= 11 is 0. The minimum atomic E-state index is -3.45. The summed E-state index contributed by atoms with van der Waals surface area (Å²) in [5.74, 6) is -1.40. The molecule has 50 heavy (non-hydrogen) atoms. The molecule has 2 aliphatic heterocycles. The minimum absolute atomic E-state index is 0.0250. The lowest BCUT2D eigenvalue weighted by Gasteiger charge is -2.47. The van der Waals surface area contributed by atoms with Gasteiger partial charge in [-0.1, -0.05) is 0 Å². The van der Waals surface area contributed by atoms with Gasteiger partial charge in [-0.2, -0.15) is 14.7 Å². The van der Waals surface area contributed by atoms with Crippen molar-refractivity contribution < 1.29 is 42.6 Å². The van der Waals surface area contributed by atoms with Gasteiger partial charge in [-0.05, 0) is 19.1 Å². The second-order valence-electron chi connectivity index (χ2n) is 11.9. The highest BCUT2D eigenvalue weighted by molar-refractivity contribution is 7.89. The monoisotopic (exact) mass is 709 g/mol. The molecule has 1 amide bonds. The molecule has 5 heterocycles. The van der Waals surface area contributed by atoms with E-state index < -0.39 is 51.0 Å². The molecule has 0 unspecified atom stereocenters. The van der Waals surface area contributed by atoms with Crippen molar-refractivity contribution in [3.63, 3.8) is 0 Å². The average molecular weight is 710 g/mol. The van der Waals surface area contributed by atoms with Gasteiger partial charge in [0.1, 0.15) is 17.6 Å². The molecule has 2 saturated heterocycles. The van der Waals surface area contributed by atoms with E-state index in [1.807, 2.05) is 0 Å². The largest absolute Gasteiger partial charge is 0.479 e. The molecule has 2 fully saturated rings. The number of nitriles is 1. The number of carbonyl (C=O) groups excluding carboxylic acids is 1. The standard InChI is InChI=1S/C30H31N9O10S/c1-3-50(46,47)36-15-30(16-36,7-8-31)38-14-18(13-34-38)26-21-6-9-37(27(21)33-17-32-26)29(43)35(2)22-10-19(39(44)45)4-5-23(22)48-25-12-20(40)11-24(49-25)28(41)42/h4-6,9-10,13-14,17,20,24-25,40H,3,7,11-12,15-16H2,1-2H3,(H,41,42)/t20-,24-,25+/m0/s1. The third-order valence-electron chi connectivity index (χ3n) is 8.74. The fourth-order valence-corrected chi connectivity index (χ4v) is 7.24. The molecule has 0 aliphatic carbocycles. The topological polar surface area (TPSA) is 249 Å². The Morgan fingerprint density at radius 3 is 2.70 bits per heavy atom. The number of amides is 1. The predicted molar refractivity (Wildman–Crippen MR) is 172 cm³/mol. The SMILES string of the molecule is CCS(=O)(=O)N1CC(CC#N)(n2cc(-c3ncnc4c3ccn4C(=O)N(C)c3cc([N+](=O)[O-])ccc3O[C@H]3C[C@@H](O)C[C@@H](C(=O)O)O3)cn2)C1. The smallest absolute Gasteiger partial charge is 0.334 e. The molecule has 2 aliphatic rings. The zero-order chi connectivity index (χ0) is 36.0. The number of non-ortho nitro benzene ring substituents is 1. The summed E-state index contributed by atoms with van der Waals surface area (Å²) in [6.07, 6.45) is 2.07. The number of aliphatic hydroxyl groups excluding tert-OH is 1. The molecule has 20 heteroatoms. The first kappa shape index (κ1) is 34.4. The number of benzene rings is 1. The molecule has 6 rings (SSSR count). The van der Waals surface area contributed by atoms with Crippen molar-refractivity contribution in [1.82, 2.24) is 28.6 Å². The maximum Gasteiger partial charge on any atom is 0.334 e. The van der Waals surface area contributed by atoms with Gasteiger partial charge in [0.15, 0.2) is 11.8 Å². The Balaban J connectivity index is 1.29. The van der Waals surface area contributed by atoms with Crippen molar-refractivity contribution >= 4 is 44.4 Å². The fourth-order valence-electron chi connectivity index (χ4n) is 6.00. The summed E-state index contributed by atoms with van der Waals surface area (Å²) < 4.78 is 40.1. The van der Waals surface area contributed by atoms with Gasteiger partial charge in [-0.25, -0.2) is 28.0 Å². The zero-order valence-electron chi connectivity index (χ0n) is 26.7. The number of aliphatic hydroxyl groups is 1. The summed E-state index contributed by atoms with van der Waals surface area (Å²) in [4.78, 5) is 46.2. The van der Waals surface area contributed by atoms with E-state index in [0.717, 1.165) is 17.0 Å². The molecule has 262 valence electrons. The lowest BCUT2D eigenvalue weighted by Crippen LogP contribution is -2.64. The Hall–Kier alpha value is -5.49. The minimum Gasteiger partial charge on any atom is -0.479 e. The van der Waals surface area contributed by atoms with Crippen molar-refractivity contribution in [2.75, 3.05) is 30.8 Å². The molecule has 0 spiro atoms. The van der Waals surface area contributed by atoms with E-state index in [2.05, 4.69) is 21.1 Å². The van der Waals surface area contributed by atoms with E-state index in [0.29, 0.717) is 16.6 Å². The van der Waals surface area contributed by atoms with Crippen LogP contribution in [0.15, 0.2) is 49.2 Å². The van der Waals surface area contributed by atoms with Gasteiger partial charge >= 0.3 is 12.0 Å². The molecule has 3 aromatic heterocycles. The Morgan fingerprint density at radius 1 is 1.26 bits per heavy atom. The van der Waals surface area contributed by atoms with Crippen molar-refractivity contribution in [2.24, 2.45) is 0 Å². The lowest BCUT2D eigenvalue weighted by molar-refractivity contribution is -0.384. The van der Waals surface area contributed by atoms with Gasteiger partial charge in [0.05, 0.1) is 46.8 Å². The molecule has 3 atom stereocenters. The van der Waals surface area contributed by atoms with E-state index >= 15 is 0 Å². The van der Waals surface area contributed by atoms with E-state index in [-0.39, 0.29) is 60.9 Å². The van der Waals surface area contributed by atoms with Crippen LogP contribution in [0.4, 0.5) is 16.2 Å². The number of carbonyl (C=O) groups is 2. The molecule has 0 radical (unpaired) electrons. The number of aromatic nitrogens is 5. The zero-order valence-corrected chi connectivity index (χ0v) is 27.5. The molecular weight excluding hydrogens is 678 g/mol. The van der Waals surface area contributed by atoms with E-state index in [1.165, 1.54) is 40.7 Å². The van der Waals surface area contributed by atoms with Gasteiger partial charge in [0.2, 0.25) is 16.3 Å². The van der Waals surface area contributed by atoms with Gasteiger partial charge in [-0.15, -0.1) is 0 Å². The third kappa shape index (κ3) is 6.22. The van der Waals surface area contributed by atoms with Crippen LogP contribution in [0.3, 0.4) is 0 Å². The summed E-state index contributed by atoms with van der Waals surface area (Å²) in [7, 11) is -2.09. The maximum atomic E-state index is 13.9. The molecule has 19 nitrogen and oxygen atoms in total. The molecule has 2 N–H and O–H groups in total. The summed E-state index contributed by atoms with van der Waals surface area (Å²) in [6, 6.07) is 6.55. The van der Waals surface area contributed by atoms with Crippen LogP contribution in [0, 0.1) is 21.4 Å². The maximum absolute atomic E-state index is 13.9. The number of anilines is 1. The van der Waals surface area contributed by atoms with Gasteiger partial charge < -0.3 is 19.7 Å². The second-order valence-corrected chi connectivity index (χ2v) is 14.2. The number of hydrogen-bond acceptors (Lipinski definition) is 13. The van der Waals surface area contributed by atoms with Crippen molar-refractivity contribution in [3.8, 4) is 23.1 Å². The summed E-state index contributed by atoms with van der Waals surface area (Å²) in [5, 5.41) is 45.6. The van der Waals surface area contributed by atoms with E-state index in [4.69, 9.17) is 9.47 Å². The molecule has 4 aromatic rings. The number of rotatable bonds is 10. The number of fused-ring (bicyclic) bond motifs is 1. The van der Waals surface area contributed by atoms with Crippen molar-refractivity contribution in [3.05, 3.63) is 59.3 Å². The number of hydrogen-bond donors (Lipinski definition) is 2. The van der Waals surface area contributed by atoms with E-state index in [1.54, 1.807) is 23.9 Å². The van der Waals surface area contributed by atoms with Crippen LogP contribution in [-0.4, -0.2) is 109 Å². The van der Waals surface area contributed by atoms with Crippen LogP contribution < -0.4 is 9.64 Å². The van der Waals surface area contributed by atoms with E-state index in [9.17, 15) is 43.6 Å². The molecule has 1 aromatic carbocycles. The summed E-state index contributed by atoms with van der Waals surface area (Å²) in [6.45, 7) is 1.73. The first-order chi connectivity index (χ1) is 23.8. The average Bonchev–Trinajstić information content (AvgIpc) is 3.73. The Labute approximate surface area is 284 Å². The Bertz CT molecular complexity index is 2140. The quantitative estimate of drug-likeness (QED) is 0.176. The van der Waals surface area contributed by atoms with Gasteiger partial charge in [0.25, 0.3) is 5.69 Å². The van der Waals surface area contributed by atoms with Crippen LogP contribution >= 0.6 is 0 Å². The second kappa shape index (κ2) is 13.1. The molecule has 0 saturated carbocycles. The number of carboxylic acid groups (broad SMARTS) is 1. The Kier molecular flexibility index (Phi) is 9.00. The fraction of sp³-hybridized carbons (Fsp3) is 0.400. The number of ether oxygens (including phenoxy) is 2. The normalized spacial score (nSPS) is 20.5. The first-order valence-electron chi connectivity index (χ1n) is 15.3. The number of nitrogens with zero attached hydrogens (tertiary/aromatic N) is 9. The number of nitro benzene ring substituents is 1. The molecule has 0 bridgehead atoms. The van der Waals surface area contributed by atoms with Gasteiger partial charge in [0, 0.05) is 68.5 Å². The van der Waals surface area contributed by atoms with Crippen LogP contribution in [-0.2, 0) is 25.1 Å². The highest BCUT2D eigenvalue weighted by atomic mass is 32.2. The predicted octanol–water partition coefficient (Wildman–Crippen LogP) is 1.91. The Morgan fingerprint density at radius 2 is 2.02 bits per heavy atom.